The number of thiophene rings is 1. The lowest BCUT2D eigenvalue weighted by atomic mass is 10.00. The van der Waals surface area contributed by atoms with Gasteiger partial charge in [0.25, 0.3) is 5.91 Å². The van der Waals surface area contributed by atoms with E-state index in [4.69, 9.17) is 0 Å². The maximum atomic E-state index is 12.3. The number of sulfone groups is 1. The van der Waals surface area contributed by atoms with Crippen molar-refractivity contribution in [2.24, 2.45) is 0 Å². The number of hydrogen-bond donors (Lipinski definition) is 1. The summed E-state index contributed by atoms with van der Waals surface area (Å²) >= 11 is 1.59. The second kappa shape index (κ2) is 6.08. The monoisotopic (exact) mass is 327 g/mol. The summed E-state index contributed by atoms with van der Waals surface area (Å²) in [6, 6.07) is 1.80. The molecular formula is C15H21NO3S2. The van der Waals surface area contributed by atoms with Crippen LogP contribution in [0.5, 0.6) is 0 Å². The lowest BCUT2D eigenvalue weighted by Crippen LogP contribution is -2.35. The first-order valence-electron chi connectivity index (χ1n) is 7.66. The number of amides is 1. The Labute approximate surface area is 129 Å². The molecule has 116 valence electrons. The molecular weight excluding hydrogens is 306 g/mol. The molecule has 1 aromatic heterocycles. The zero-order valence-electron chi connectivity index (χ0n) is 12.1. The number of hydrogen-bond acceptors (Lipinski definition) is 4. The quantitative estimate of drug-likeness (QED) is 0.907. The predicted octanol–water partition coefficient (Wildman–Crippen LogP) is 2.32. The molecule has 4 nitrogen and oxygen atoms in total. The Morgan fingerprint density at radius 3 is 2.67 bits per heavy atom. The van der Waals surface area contributed by atoms with E-state index in [1.54, 1.807) is 11.3 Å². The van der Waals surface area contributed by atoms with Gasteiger partial charge in [-0.25, -0.2) is 8.42 Å². The summed E-state index contributed by atoms with van der Waals surface area (Å²) in [5, 5.41) is 2.88. The van der Waals surface area contributed by atoms with Crippen molar-refractivity contribution in [2.75, 3.05) is 11.5 Å². The molecule has 1 amide bonds. The van der Waals surface area contributed by atoms with Crippen molar-refractivity contribution in [2.45, 2.75) is 51.0 Å². The van der Waals surface area contributed by atoms with E-state index in [0.29, 0.717) is 6.42 Å². The van der Waals surface area contributed by atoms with Crippen LogP contribution in [-0.2, 0) is 22.7 Å². The summed E-state index contributed by atoms with van der Waals surface area (Å²) in [4.78, 5) is 14.4. The number of aryl methyl sites for hydroxylation is 2. The number of fused-ring (bicyclic) bond motifs is 1. The zero-order chi connectivity index (χ0) is 14.9. The lowest BCUT2D eigenvalue weighted by Gasteiger charge is -2.09. The first-order chi connectivity index (χ1) is 10.0. The van der Waals surface area contributed by atoms with Crippen molar-refractivity contribution >= 4 is 27.1 Å². The summed E-state index contributed by atoms with van der Waals surface area (Å²) in [5.41, 5.74) is 1.32. The molecule has 2 heterocycles. The molecule has 2 aliphatic rings. The fourth-order valence-corrected chi connectivity index (χ4v) is 5.95. The molecule has 1 aliphatic carbocycles. The maximum Gasteiger partial charge on any atom is 0.261 e. The third-order valence-corrected chi connectivity index (χ3v) is 7.29. The molecule has 0 saturated carbocycles. The van der Waals surface area contributed by atoms with Crippen molar-refractivity contribution in [3.8, 4) is 0 Å². The molecule has 3 rings (SSSR count). The van der Waals surface area contributed by atoms with Gasteiger partial charge in [-0.1, -0.05) is 12.8 Å². The standard InChI is InChI=1S/C15H21NO3S2/c17-15(16-12-7-8-21(18,19)10-12)14-9-11-5-3-1-2-4-6-13(11)20-14/h9,12H,1-8,10H2,(H,16,17). The minimum absolute atomic E-state index is 0.0871. The second-order valence-electron chi connectivity index (χ2n) is 6.05. The van der Waals surface area contributed by atoms with Crippen LogP contribution in [0.2, 0.25) is 0 Å². The number of carbonyl (C=O) groups excluding carboxylic acids is 1. The second-order valence-corrected chi connectivity index (χ2v) is 9.41. The fourth-order valence-electron chi connectivity index (χ4n) is 3.12. The van der Waals surface area contributed by atoms with Crippen LogP contribution in [0.1, 0.15) is 52.2 Å². The molecule has 0 bridgehead atoms. The summed E-state index contributed by atoms with van der Waals surface area (Å²) in [6.07, 6.45) is 7.64. The highest BCUT2D eigenvalue weighted by Crippen LogP contribution is 2.28. The van der Waals surface area contributed by atoms with E-state index >= 15 is 0 Å². The van der Waals surface area contributed by atoms with E-state index in [9.17, 15) is 13.2 Å². The Kier molecular flexibility index (Phi) is 4.36. The molecule has 1 aliphatic heterocycles. The summed E-state index contributed by atoms with van der Waals surface area (Å²) in [7, 11) is -2.95. The van der Waals surface area contributed by atoms with Crippen LogP contribution >= 0.6 is 11.3 Å². The van der Waals surface area contributed by atoms with E-state index in [1.165, 1.54) is 36.1 Å². The van der Waals surface area contributed by atoms with Crippen LogP contribution in [-0.4, -0.2) is 31.9 Å². The highest BCUT2D eigenvalue weighted by molar-refractivity contribution is 7.91. The Morgan fingerprint density at radius 1 is 1.19 bits per heavy atom. The Hall–Kier alpha value is -0.880. The number of rotatable bonds is 2. The normalized spacial score (nSPS) is 24.9. The van der Waals surface area contributed by atoms with E-state index < -0.39 is 9.84 Å². The maximum absolute atomic E-state index is 12.3. The van der Waals surface area contributed by atoms with Gasteiger partial charge in [-0.3, -0.25) is 4.79 Å². The average molecular weight is 327 g/mol. The molecule has 1 N–H and O–H groups in total. The van der Waals surface area contributed by atoms with E-state index in [0.717, 1.165) is 17.7 Å². The first-order valence-corrected chi connectivity index (χ1v) is 10.3. The molecule has 1 atom stereocenters. The van der Waals surface area contributed by atoms with E-state index in [1.807, 2.05) is 6.07 Å². The highest BCUT2D eigenvalue weighted by Gasteiger charge is 2.29. The summed E-state index contributed by atoms with van der Waals surface area (Å²) < 4.78 is 22.9. The van der Waals surface area contributed by atoms with Crippen LogP contribution < -0.4 is 5.32 Å². The van der Waals surface area contributed by atoms with Gasteiger partial charge < -0.3 is 5.32 Å². The Bertz CT molecular complexity index is 608. The minimum Gasteiger partial charge on any atom is -0.348 e. The minimum atomic E-state index is -2.95. The molecule has 1 unspecified atom stereocenters. The third kappa shape index (κ3) is 3.66. The van der Waals surface area contributed by atoms with Crippen molar-refractivity contribution in [1.29, 1.82) is 0 Å². The van der Waals surface area contributed by atoms with Gasteiger partial charge in [0, 0.05) is 10.9 Å². The van der Waals surface area contributed by atoms with Crippen molar-refractivity contribution in [1.82, 2.24) is 5.32 Å². The summed E-state index contributed by atoms with van der Waals surface area (Å²) in [6.45, 7) is 0. The lowest BCUT2D eigenvalue weighted by molar-refractivity contribution is 0.0945. The molecule has 21 heavy (non-hydrogen) atoms. The molecule has 0 radical (unpaired) electrons. The van der Waals surface area contributed by atoms with E-state index in [-0.39, 0.29) is 23.5 Å². The van der Waals surface area contributed by atoms with Crippen LogP contribution in [0.25, 0.3) is 0 Å². The Balaban J connectivity index is 1.69. The average Bonchev–Trinajstić information content (AvgIpc) is 2.93. The SMILES string of the molecule is O=C(NC1CCS(=O)(=O)C1)c1cc2c(s1)CCCCCC2. The number of carbonyl (C=O) groups is 1. The van der Waals surface area contributed by atoms with Crippen LogP contribution in [0, 0.1) is 0 Å². The van der Waals surface area contributed by atoms with Gasteiger partial charge in [0.1, 0.15) is 0 Å². The van der Waals surface area contributed by atoms with Crippen LogP contribution in [0.3, 0.4) is 0 Å². The van der Waals surface area contributed by atoms with Crippen molar-refractivity contribution in [3.05, 3.63) is 21.4 Å². The first kappa shape index (κ1) is 15.0. The smallest absolute Gasteiger partial charge is 0.261 e. The van der Waals surface area contributed by atoms with E-state index in [2.05, 4.69) is 5.32 Å². The summed E-state index contributed by atoms with van der Waals surface area (Å²) in [5.74, 6) is 0.178. The molecule has 1 saturated heterocycles. The largest absolute Gasteiger partial charge is 0.348 e. The third-order valence-electron chi connectivity index (χ3n) is 4.29. The topological polar surface area (TPSA) is 63.2 Å². The van der Waals surface area contributed by atoms with Gasteiger partial charge >= 0.3 is 0 Å². The highest BCUT2D eigenvalue weighted by atomic mass is 32.2. The molecule has 0 aromatic carbocycles. The Morgan fingerprint density at radius 2 is 1.95 bits per heavy atom. The van der Waals surface area contributed by atoms with Gasteiger partial charge in [0.05, 0.1) is 16.4 Å². The van der Waals surface area contributed by atoms with Gasteiger partial charge in [0.15, 0.2) is 9.84 Å². The van der Waals surface area contributed by atoms with Crippen molar-refractivity contribution < 1.29 is 13.2 Å². The fraction of sp³-hybridized carbons (Fsp3) is 0.667. The molecule has 1 aromatic rings. The van der Waals surface area contributed by atoms with Gasteiger partial charge in [0.2, 0.25) is 0 Å². The van der Waals surface area contributed by atoms with Crippen LogP contribution in [0.15, 0.2) is 6.07 Å². The molecule has 6 heteroatoms. The molecule has 1 fully saturated rings. The zero-order valence-corrected chi connectivity index (χ0v) is 13.7. The molecule has 0 spiro atoms. The van der Waals surface area contributed by atoms with Crippen LogP contribution in [0.4, 0.5) is 0 Å². The van der Waals surface area contributed by atoms with Crippen molar-refractivity contribution in [3.63, 3.8) is 0 Å². The van der Waals surface area contributed by atoms with Gasteiger partial charge in [-0.05, 0) is 43.7 Å². The predicted molar refractivity (Wildman–Crippen MR) is 84.7 cm³/mol. The van der Waals surface area contributed by atoms with Gasteiger partial charge in [-0.15, -0.1) is 11.3 Å². The van der Waals surface area contributed by atoms with Gasteiger partial charge in [-0.2, -0.15) is 0 Å². The number of nitrogens with one attached hydrogen (secondary N) is 1.